The predicted octanol–water partition coefficient (Wildman–Crippen LogP) is 13.4. The maximum absolute atomic E-state index is 13.4. The molecule has 4 N–H and O–H groups in total. The third kappa shape index (κ3) is 12.1. The summed E-state index contributed by atoms with van der Waals surface area (Å²) in [7, 11) is 0. The second-order valence-corrected chi connectivity index (χ2v) is 16.8. The summed E-state index contributed by atoms with van der Waals surface area (Å²) in [6.45, 7) is 5.54. The lowest BCUT2D eigenvalue weighted by Gasteiger charge is -2.16. The first-order valence-electron chi connectivity index (χ1n) is 18.2. The van der Waals surface area contributed by atoms with Gasteiger partial charge in [0.15, 0.2) is 11.6 Å². The summed E-state index contributed by atoms with van der Waals surface area (Å²) >= 11 is 49.5. The number of Topliss-reactive ketones (excluding diaryl/α,β-unsaturated/α-hetero) is 2. The van der Waals surface area contributed by atoms with Crippen LogP contribution < -0.4 is 21.3 Å². The van der Waals surface area contributed by atoms with Crippen LogP contribution in [0.5, 0.6) is 0 Å². The van der Waals surface area contributed by atoms with Crippen LogP contribution >= 0.6 is 92.8 Å². The van der Waals surface area contributed by atoms with Crippen molar-refractivity contribution in [2.45, 2.75) is 39.8 Å². The molecule has 0 bridgehead atoms. The Balaban J connectivity index is 1.27. The van der Waals surface area contributed by atoms with E-state index in [1.54, 1.807) is 13.8 Å². The summed E-state index contributed by atoms with van der Waals surface area (Å²) in [6, 6.07) is 13.9. The molecule has 5 aromatic rings. The molecular formula is C42H30Cl8N8O6. The number of hydrogen-bond acceptors (Lipinski definition) is 10. The molecule has 330 valence electrons. The zero-order valence-corrected chi connectivity index (χ0v) is 39.4. The largest absolute Gasteiger partial charge is 0.324 e. The lowest BCUT2D eigenvalue weighted by molar-refractivity contribution is -0.127. The Kier molecular flexibility index (Phi) is 16.9. The van der Waals surface area contributed by atoms with E-state index < -0.39 is 47.3 Å². The molecule has 2 atom stereocenters. The smallest absolute Gasteiger partial charge is 0.258 e. The Morgan fingerprint density at radius 1 is 0.453 bits per heavy atom. The summed E-state index contributed by atoms with van der Waals surface area (Å²) in [6.07, 6.45) is 0. The van der Waals surface area contributed by atoms with Crippen LogP contribution in [0.1, 0.15) is 45.7 Å². The van der Waals surface area contributed by atoms with E-state index in [2.05, 4.69) is 41.7 Å². The molecule has 0 aliphatic carbocycles. The fraction of sp³-hybridized carbons (Fsp3) is 0.143. The third-order valence-electron chi connectivity index (χ3n) is 8.88. The van der Waals surface area contributed by atoms with Gasteiger partial charge in [0.2, 0.25) is 12.1 Å². The summed E-state index contributed by atoms with van der Waals surface area (Å²) in [4.78, 5) is 78.3. The van der Waals surface area contributed by atoms with Gasteiger partial charge in [-0.1, -0.05) is 105 Å². The van der Waals surface area contributed by atoms with E-state index in [1.165, 1.54) is 72.8 Å². The maximum atomic E-state index is 13.4. The van der Waals surface area contributed by atoms with E-state index in [0.29, 0.717) is 11.1 Å². The number of nitrogens with one attached hydrogen (secondary N) is 4. The van der Waals surface area contributed by atoms with E-state index in [0.717, 1.165) is 13.8 Å². The number of azo groups is 2. The number of anilines is 4. The molecule has 14 nitrogen and oxygen atoms in total. The highest BCUT2D eigenvalue weighted by Crippen LogP contribution is 2.36. The van der Waals surface area contributed by atoms with Crippen molar-refractivity contribution in [2.24, 2.45) is 20.5 Å². The van der Waals surface area contributed by atoms with Gasteiger partial charge in [-0.3, -0.25) is 28.8 Å². The molecule has 0 fully saturated rings. The Morgan fingerprint density at radius 2 is 0.797 bits per heavy atom. The molecule has 64 heavy (non-hydrogen) atoms. The van der Waals surface area contributed by atoms with Gasteiger partial charge in [-0.15, -0.1) is 0 Å². The zero-order chi connectivity index (χ0) is 47.2. The minimum Gasteiger partial charge on any atom is -0.324 e. The first-order valence-corrected chi connectivity index (χ1v) is 21.2. The average Bonchev–Trinajstić information content (AvgIpc) is 3.21. The third-order valence-corrected chi connectivity index (χ3v) is 11.7. The summed E-state index contributed by atoms with van der Waals surface area (Å²) in [5.74, 6) is -4.34. The minimum atomic E-state index is -1.63. The minimum absolute atomic E-state index is 0.0183. The van der Waals surface area contributed by atoms with Crippen LogP contribution in [0.2, 0.25) is 40.2 Å². The standard InChI is InChI=1S/C42H30Cl8N8O6/c1-17-11-32(52-42(64)38(20(4)60)58-56-30-10-6-8-22(36(30)50)40(62)54-34-16-26(46)24(44)14-28(34)48)18(2)12-31(17)51-41(63)37(19(3)59)57-55-29-9-5-7-21(35(29)49)39(61)53-33-15-25(45)23(43)13-27(33)47/h5-16,37-38H,1-4H3,(H,51,63)(H,52,64)(H,53,61)(H,54,62). The predicted molar refractivity (Wildman–Crippen MR) is 253 cm³/mol. The van der Waals surface area contributed by atoms with Crippen molar-refractivity contribution >= 4 is 162 Å². The van der Waals surface area contributed by atoms with Crippen molar-refractivity contribution in [1.82, 2.24) is 0 Å². The Hall–Kier alpha value is -5.16. The SMILES string of the molecule is CC(=O)C(N=Nc1cccc(C(=O)Nc2cc(Cl)c(Cl)cc2Cl)c1Cl)C(=O)Nc1cc(C)c(NC(=O)C(N=Nc2cccc(C(=O)Nc3cc(Cl)c(Cl)cc3Cl)c2Cl)C(C)=O)cc1C. The van der Waals surface area contributed by atoms with E-state index in [4.69, 9.17) is 92.8 Å². The van der Waals surface area contributed by atoms with E-state index in [9.17, 15) is 28.8 Å². The molecule has 2 unspecified atom stereocenters. The van der Waals surface area contributed by atoms with Crippen LogP contribution in [0.4, 0.5) is 34.1 Å². The molecule has 0 spiro atoms. The molecule has 0 radical (unpaired) electrons. The number of rotatable bonds is 14. The maximum Gasteiger partial charge on any atom is 0.258 e. The molecular weight excluding hydrogens is 996 g/mol. The molecule has 4 amide bonds. The number of carbonyl (C=O) groups excluding carboxylic acids is 6. The second kappa shape index (κ2) is 21.7. The number of nitrogens with zero attached hydrogens (tertiary/aromatic N) is 4. The van der Waals surface area contributed by atoms with Crippen LogP contribution in [0, 0.1) is 13.8 Å². The van der Waals surface area contributed by atoms with Crippen molar-refractivity contribution in [3.8, 4) is 0 Å². The second-order valence-electron chi connectivity index (χ2n) is 13.6. The van der Waals surface area contributed by atoms with Crippen LogP contribution in [-0.2, 0) is 19.2 Å². The first kappa shape index (κ1) is 49.8. The summed E-state index contributed by atoms with van der Waals surface area (Å²) in [5.41, 5.74) is 1.68. The zero-order valence-electron chi connectivity index (χ0n) is 33.3. The average molecular weight is 1030 g/mol. The number of aryl methyl sites for hydroxylation is 2. The van der Waals surface area contributed by atoms with Crippen LogP contribution in [0.15, 0.2) is 93.3 Å². The molecule has 0 saturated carbocycles. The lowest BCUT2D eigenvalue weighted by atomic mass is 10.1. The Morgan fingerprint density at radius 3 is 1.14 bits per heavy atom. The molecule has 5 aromatic carbocycles. The summed E-state index contributed by atoms with van der Waals surface area (Å²) in [5, 5.41) is 27.1. The Bertz CT molecular complexity index is 2630. The highest BCUT2D eigenvalue weighted by Gasteiger charge is 2.27. The lowest BCUT2D eigenvalue weighted by Crippen LogP contribution is -2.32. The monoisotopic (exact) mass is 1020 g/mol. The van der Waals surface area contributed by atoms with Crippen molar-refractivity contribution in [2.75, 3.05) is 21.3 Å². The quantitative estimate of drug-likeness (QED) is 0.0484. The molecule has 22 heteroatoms. The number of amides is 4. The van der Waals surface area contributed by atoms with E-state index >= 15 is 0 Å². The van der Waals surface area contributed by atoms with E-state index in [1.807, 2.05) is 0 Å². The number of carbonyl (C=O) groups is 6. The molecule has 0 aliphatic rings. The number of ketones is 2. The van der Waals surface area contributed by atoms with Crippen molar-refractivity contribution < 1.29 is 28.8 Å². The van der Waals surface area contributed by atoms with Gasteiger partial charge in [-0.25, -0.2) is 0 Å². The van der Waals surface area contributed by atoms with Gasteiger partial charge < -0.3 is 21.3 Å². The van der Waals surface area contributed by atoms with E-state index in [-0.39, 0.29) is 85.4 Å². The van der Waals surface area contributed by atoms with Gasteiger partial charge in [0, 0.05) is 11.4 Å². The Labute approximate surface area is 405 Å². The van der Waals surface area contributed by atoms with Crippen LogP contribution in [0.3, 0.4) is 0 Å². The van der Waals surface area contributed by atoms with Crippen LogP contribution in [-0.4, -0.2) is 47.3 Å². The van der Waals surface area contributed by atoms with Crippen molar-refractivity contribution in [3.05, 3.63) is 135 Å². The highest BCUT2D eigenvalue weighted by atomic mass is 35.5. The highest BCUT2D eigenvalue weighted by molar-refractivity contribution is 6.45. The first-order chi connectivity index (χ1) is 30.2. The van der Waals surface area contributed by atoms with Gasteiger partial charge in [-0.2, -0.15) is 20.5 Å². The fourth-order valence-electron chi connectivity index (χ4n) is 5.53. The molecule has 0 heterocycles. The van der Waals surface area contributed by atoms with Gasteiger partial charge in [0.1, 0.15) is 11.4 Å². The molecule has 5 rings (SSSR count). The summed E-state index contributed by atoms with van der Waals surface area (Å²) < 4.78 is 0. The van der Waals surface area contributed by atoms with Crippen molar-refractivity contribution in [3.63, 3.8) is 0 Å². The molecule has 0 saturated heterocycles. The van der Waals surface area contributed by atoms with Crippen LogP contribution in [0.25, 0.3) is 0 Å². The molecule has 0 aromatic heterocycles. The molecule has 0 aliphatic heterocycles. The van der Waals surface area contributed by atoms with Gasteiger partial charge >= 0.3 is 0 Å². The van der Waals surface area contributed by atoms with Gasteiger partial charge in [0.25, 0.3) is 23.6 Å². The van der Waals surface area contributed by atoms with Crippen molar-refractivity contribution in [1.29, 1.82) is 0 Å². The number of halogens is 8. The normalized spacial score (nSPS) is 12.2. The van der Waals surface area contributed by atoms with Gasteiger partial charge in [0.05, 0.1) is 62.7 Å². The number of hydrogen-bond donors (Lipinski definition) is 4. The number of benzene rings is 5. The fourth-order valence-corrected chi connectivity index (χ4v) is 7.21. The van der Waals surface area contributed by atoms with Gasteiger partial charge in [-0.05, 0) is 99.5 Å². The topological polar surface area (TPSA) is 200 Å².